The summed E-state index contributed by atoms with van der Waals surface area (Å²) in [7, 11) is 1.63. The van der Waals surface area contributed by atoms with Gasteiger partial charge in [-0.2, -0.15) is 0 Å². The second-order valence-corrected chi connectivity index (χ2v) is 6.24. The van der Waals surface area contributed by atoms with Gasteiger partial charge in [0, 0.05) is 32.1 Å². The molecular formula is C19H28N2O3. The van der Waals surface area contributed by atoms with Gasteiger partial charge in [0.15, 0.2) is 0 Å². The van der Waals surface area contributed by atoms with Gasteiger partial charge in [0.2, 0.25) is 11.8 Å². The fourth-order valence-electron chi connectivity index (χ4n) is 3.10. The number of rotatable bonds is 6. The molecule has 1 aliphatic rings. The highest BCUT2D eigenvalue weighted by molar-refractivity contribution is 5.81. The SMILES string of the molecule is CCC(CC)C(=O)N1CCN(C(=O)Cc2ccc(OC)cc2)CC1. The number of carbonyl (C=O) groups is 2. The van der Waals surface area contributed by atoms with Gasteiger partial charge >= 0.3 is 0 Å². The highest BCUT2D eigenvalue weighted by atomic mass is 16.5. The molecule has 0 aromatic heterocycles. The zero-order valence-corrected chi connectivity index (χ0v) is 15.0. The summed E-state index contributed by atoms with van der Waals surface area (Å²) >= 11 is 0. The van der Waals surface area contributed by atoms with Crippen LogP contribution in [0.3, 0.4) is 0 Å². The molecule has 0 unspecified atom stereocenters. The first-order chi connectivity index (χ1) is 11.6. The summed E-state index contributed by atoms with van der Waals surface area (Å²) in [5, 5.41) is 0. The molecule has 1 fully saturated rings. The molecule has 2 amide bonds. The number of hydrogen-bond acceptors (Lipinski definition) is 3. The van der Waals surface area contributed by atoms with Crippen LogP contribution in [-0.4, -0.2) is 54.9 Å². The zero-order chi connectivity index (χ0) is 17.5. The number of benzene rings is 1. The van der Waals surface area contributed by atoms with Crippen LogP contribution in [0.15, 0.2) is 24.3 Å². The average molecular weight is 332 g/mol. The van der Waals surface area contributed by atoms with Gasteiger partial charge in [0.25, 0.3) is 0 Å². The molecule has 1 saturated heterocycles. The number of methoxy groups -OCH3 is 1. The zero-order valence-electron chi connectivity index (χ0n) is 15.0. The van der Waals surface area contributed by atoms with Crippen LogP contribution in [-0.2, 0) is 16.0 Å². The molecule has 0 saturated carbocycles. The average Bonchev–Trinajstić information content (AvgIpc) is 2.63. The fourth-order valence-corrected chi connectivity index (χ4v) is 3.10. The Labute approximate surface area is 144 Å². The van der Waals surface area contributed by atoms with E-state index in [9.17, 15) is 9.59 Å². The van der Waals surface area contributed by atoms with Crippen LogP contribution < -0.4 is 4.74 Å². The van der Waals surface area contributed by atoms with Crippen molar-refractivity contribution in [2.24, 2.45) is 5.92 Å². The van der Waals surface area contributed by atoms with E-state index in [0.717, 1.165) is 24.2 Å². The van der Waals surface area contributed by atoms with Gasteiger partial charge in [-0.05, 0) is 30.5 Å². The molecule has 5 heteroatoms. The van der Waals surface area contributed by atoms with Crippen molar-refractivity contribution < 1.29 is 14.3 Å². The lowest BCUT2D eigenvalue weighted by atomic mass is 10.0. The summed E-state index contributed by atoms with van der Waals surface area (Å²) < 4.78 is 5.13. The van der Waals surface area contributed by atoms with Crippen molar-refractivity contribution >= 4 is 11.8 Å². The molecule has 132 valence electrons. The Morgan fingerprint density at radius 2 is 1.54 bits per heavy atom. The third-order valence-corrected chi connectivity index (χ3v) is 4.79. The second kappa shape index (κ2) is 8.71. The molecule has 0 radical (unpaired) electrons. The van der Waals surface area contributed by atoms with Crippen LogP contribution in [0.4, 0.5) is 0 Å². The smallest absolute Gasteiger partial charge is 0.227 e. The minimum Gasteiger partial charge on any atom is -0.497 e. The van der Waals surface area contributed by atoms with E-state index in [-0.39, 0.29) is 17.7 Å². The number of hydrogen-bond donors (Lipinski definition) is 0. The van der Waals surface area contributed by atoms with Crippen molar-refractivity contribution in [1.82, 2.24) is 9.80 Å². The van der Waals surface area contributed by atoms with Crippen molar-refractivity contribution in [2.75, 3.05) is 33.3 Å². The molecule has 0 aliphatic carbocycles. The van der Waals surface area contributed by atoms with E-state index in [2.05, 4.69) is 13.8 Å². The van der Waals surface area contributed by atoms with E-state index in [1.54, 1.807) is 7.11 Å². The summed E-state index contributed by atoms with van der Waals surface area (Å²) in [5.41, 5.74) is 0.983. The van der Waals surface area contributed by atoms with Crippen molar-refractivity contribution in [3.63, 3.8) is 0 Å². The number of nitrogens with zero attached hydrogens (tertiary/aromatic N) is 2. The van der Waals surface area contributed by atoms with Gasteiger partial charge in [0.1, 0.15) is 5.75 Å². The summed E-state index contributed by atoms with van der Waals surface area (Å²) in [6.45, 7) is 6.65. The highest BCUT2D eigenvalue weighted by Crippen LogP contribution is 2.16. The topological polar surface area (TPSA) is 49.9 Å². The third kappa shape index (κ3) is 4.49. The first-order valence-corrected chi connectivity index (χ1v) is 8.78. The molecule has 1 aromatic carbocycles. The maximum atomic E-state index is 12.4. The molecule has 24 heavy (non-hydrogen) atoms. The Kier molecular flexibility index (Phi) is 6.64. The van der Waals surface area contributed by atoms with Crippen molar-refractivity contribution in [1.29, 1.82) is 0 Å². The fraction of sp³-hybridized carbons (Fsp3) is 0.579. The predicted octanol–water partition coefficient (Wildman–Crippen LogP) is 2.34. The van der Waals surface area contributed by atoms with E-state index in [1.165, 1.54) is 0 Å². The molecule has 0 spiro atoms. The van der Waals surface area contributed by atoms with Crippen LogP contribution in [0.2, 0.25) is 0 Å². The standard InChI is InChI=1S/C19H28N2O3/c1-4-16(5-2)19(23)21-12-10-20(11-13-21)18(22)14-15-6-8-17(24-3)9-7-15/h6-9,16H,4-5,10-14H2,1-3H3. The Bertz CT molecular complexity index is 544. The van der Waals surface area contributed by atoms with Crippen LogP contribution >= 0.6 is 0 Å². The van der Waals surface area contributed by atoms with Gasteiger partial charge in [-0.25, -0.2) is 0 Å². The van der Waals surface area contributed by atoms with Crippen LogP contribution in [0.25, 0.3) is 0 Å². The van der Waals surface area contributed by atoms with Crippen LogP contribution in [0.1, 0.15) is 32.3 Å². The molecule has 1 heterocycles. The molecule has 0 atom stereocenters. The lowest BCUT2D eigenvalue weighted by molar-refractivity contribution is -0.142. The Morgan fingerprint density at radius 1 is 1.00 bits per heavy atom. The third-order valence-electron chi connectivity index (χ3n) is 4.79. The molecule has 0 bridgehead atoms. The number of carbonyl (C=O) groups excluding carboxylic acids is 2. The summed E-state index contributed by atoms with van der Waals surface area (Å²) in [6.07, 6.45) is 2.16. The largest absolute Gasteiger partial charge is 0.497 e. The summed E-state index contributed by atoms with van der Waals surface area (Å²) in [4.78, 5) is 28.6. The van der Waals surface area contributed by atoms with Crippen molar-refractivity contribution in [3.8, 4) is 5.75 Å². The maximum absolute atomic E-state index is 12.4. The minimum atomic E-state index is 0.117. The number of ether oxygens (including phenoxy) is 1. The van der Waals surface area contributed by atoms with E-state index < -0.39 is 0 Å². The summed E-state index contributed by atoms with van der Waals surface area (Å²) in [5.74, 6) is 1.27. The normalized spacial score (nSPS) is 14.8. The van der Waals surface area contributed by atoms with E-state index in [0.29, 0.717) is 32.6 Å². The Morgan fingerprint density at radius 3 is 2.04 bits per heavy atom. The highest BCUT2D eigenvalue weighted by Gasteiger charge is 2.27. The van der Waals surface area contributed by atoms with E-state index in [4.69, 9.17) is 4.74 Å². The van der Waals surface area contributed by atoms with Crippen molar-refractivity contribution in [2.45, 2.75) is 33.1 Å². The number of amides is 2. The Balaban J connectivity index is 1.84. The van der Waals surface area contributed by atoms with E-state index >= 15 is 0 Å². The molecule has 0 N–H and O–H groups in total. The van der Waals surface area contributed by atoms with Gasteiger partial charge in [-0.3, -0.25) is 9.59 Å². The van der Waals surface area contributed by atoms with Gasteiger partial charge in [-0.1, -0.05) is 26.0 Å². The number of piperazine rings is 1. The molecule has 2 rings (SSSR count). The van der Waals surface area contributed by atoms with Gasteiger partial charge in [0.05, 0.1) is 13.5 Å². The molecular weight excluding hydrogens is 304 g/mol. The quantitative estimate of drug-likeness (QED) is 0.803. The first-order valence-electron chi connectivity index (χ1n) is 8.78. The predicted molar refractivity (Wildman–Crippen MR) is 93.9 cm³/mol. The molecule has 5 nitrogen and oxygen atoms in total. The van der Waals surface area contributed by atoms with Gasteiger partial charge < -0.3 is 14.5 Å². The van der Waals surface area contributed by atoms with Crippen LogP contribution in [0, 0.1) is 5.92 Å². The second-order valence-electron chi connectivity index (χ2n) is 6.24. The Hall–Kier alpha value is -2.04. The van der Waals surface area contributed by atoms with Gasteiger partial charge in [-0.15, -0.1) is 0 Å². The lowest BCUT2D eigenvalue weighted by Crippen LogP contribution is -2.52. The lowest BCUT2D eigenvalue weighted by Gasteiger charge is -2.36. The molecule has 1 aromatic rings. The first kappa shape index (κ1) is 18.3. The van der Waals surface area contributed by atoms with Crippen LogP contribution in [0.5, 0.6) is 5.75 Å². The monoisotopic (exact) mass is 332 g/mol. The maximum Gasteiger partial charge on any atom is 0.227 e. The molecule has 1 aliphatic heterocycles. The minimum absolute atomic E-state index is 0.117. The van der Waals surface area contributed by atoms with E-state index in [1.807, 2.05) is 34.1 Å². The van der Waals surface area contributed by atoms with Crippen molar-refractivity contribution in [3.05, 3.63) is 29.8 Å². The summed E-state index contributed by atoms with van der Waals surface area (Å²) in [6, 6.07) is 7.58.